The second-order valence-electron chi connectivity index (χ2n) is 4.81. The van der Waals surface area contributed by atoms with Gasteiger partial charge < -0.3 is 0 Å². The molecule has 2 aromatic rings. The SMILES string of the molecule is O=C1CN=C(c2ccccc2Cl)c2cc([N+](=O)[O-])ccc2N1O. The quantitative estimate of drug-likeness (QED) is 0.520. The number of benzodiazepines with no additional fused rings is 1. The van der Waals surface area contributed by atoms with E-state index < -0.39 is 10.8 Å². The van der Waals surface area contributed by atoms with Crippen LogP contribution in [0, 0.1) is 10.1 Å². The maximum Gasteiger partial charge on any atom is 0.272 e. The molecule has 8 heteroatoms. The van der Waals surface area contributed by atoms with Crippen LogP contribution in [0.25, 0.3) is 0 Å². The first-order valence-electron chi connectivity index (χ1n) is 6.59. The van der Waals surface area contributed by atoms with Crippen LogP contribution < -0.4 is 5.06 Å². The van der Waals surface area contributed by atoms with E-state index in [1.165, 1.54) is 18.2 Å². The van der Waals surface area contributed by atoms with E-state index in [2.05, 4.69) is 4.99 Å². The molecule has 0 aromatic heterocycles. The van der Waals surface area contributed by atoms with Gasteiger partial charge in [0.2, 0.25) is 0 Å². The predicted molar refractivity (Wildman–Crippen MR) is 84.3 cm³/mol. The second kappa shape index (κ2) is 5.79. The number of carbonyl (C=O) groups excluding carboxylic acids is 1. The van der Waals surface area contributed by atoms with Gasteiger partial charge in [0.05, 0.1) is 16.3 Å². The summed E-state index contributed by atoms with van der Waals surface area (Å²) in [4.78, 5) is 26.5. The highest BCUT2D eigenvalue weighted by Crippen LogP contribution is 2.31. The van der Waals surface area contributed by atoms with Crippen LogP contribution in [-0.2, 0) is 4.79 Å². The Labute approximate surface area is 135 Å². The molecule has 0 radical (unpaired) electrons. The summed E-state index contributed by atoms with van der Waals surface area (Å²) >= 11 is 6.18. The van der Waals surface area contributed by atoms with E-state index in [4.69, 9.17) is 11.6 Å². The molecule has 0 atom stereocenters. The fourth-order valence-corrected chi connectivity index (χ4v) is 2.55. The summed E-state index contributed by atoms with van der Waals surface area (Å²) < 4.78 is 0. The summed E-state index contributed by atoms with van der Waals surface area (Å²) in [7, 11) is 0. The lowest BCUT2D eigenvalue weighted by molar-refractivity contribution is -0.384. The van der Waals surface area contributed by atoms with Crippen molar-refractivity contribution in [1.29, 1.82) is 0 Å². The molecule has 2 aromatic carbocycles. The van der Waals surface area contributed by atoms with Gasteiger partial charge in [0.25, 0.3) is 11.6 Å². The molecule has 1 amide bonds. The molecule has 1 aliphatic heterocycles. The van der Waals surface area contributed by atoms with Crippen LogP contribution in [0.5, 0.6) is 0 Å². The van der Waals surface area contributed by atoms with Crippen molar-refractivity contribution in [2.24, 2.45) is 4.99 Å². The maximum atomic E-state index is 11.9. The van der Waals surface area contributed by atoms with E-state index in [1.54, 1.807) is 24.3 Å². The van der Waals surface area contributed by atoms with Gasteiger partial charge in [0.1, 0.15) is 6.54 Å². The number of carbonyl (C=O) groups is 1. The number of benzene rings is 2. The minimum Gasteiger partial charge on any atom is -0.281 e. The van der Waals surface area contributed by atoms with Gasteiger partial charge in [-0.1, -0.05) is 29.8 Å². The summed E-state index contributed by atoms with van der Waals surface area (Å²) in [5.41, 5.74) is 1.06. The average Bonchev–Trinajstić information content (AvgIpc) is 2.66. The van der Waals surface area contributed by atoms with Crippen molar-refractivity contribution in [3.63, 3.8) is 0 Å². The third-order valence-corrected chi connectivity index (χ3v) is 3.74. The largest absolute Gasteiger partial charge is 0.281 e. The summed E-state index contributed by atoms with van der Waals surface area (Å²) in [5.74, 6) is -0.637. The van der Waals surface area contributed by atoms with E-state index in [-0.39, 0.29) is 23.5 Å². The highest BCUT2D eigenvalue weighted by molar-refractivity contribution is 6.36. The van der Waals surface area contributed by atoms with Crippen LogP contribution >= 0.6 is 11.6 Å². The minimum absolute atomic E-state index is 0.122. The van der Waals surface area contributed by atoms with Gasteiger partial charge in [-0.25, -0.2) is 0 Å². The topological polar surface area (TPSA) is 96.0 Å². The van der Waals surface area contributed by atoms with Crippen LogP contribution in [0.2, 0.25) is 5.02 Å². The number of nitro benzene ring substituents is 1. The number of anilines is 1. The Hall–Kier alpha value is -2.77. The summed E-state index contributed by atoms with van der Waals surface area (Å²) in [6.07, 6.45) is 0. The van der Waals surface area contributed by atoms with Gasteiger partial charge in [-0.3, -0.25) is 25.1 Å². The van der Waals surface area contributed by atoms with Gasteiger partial charge in [-0.15, -0.1) is 0 Å². The van der Waals surface area contributed by atoms with Crippen molar-refractivity contribution >= 4 is 34.6 Å². The van der Waals surface area contributed by atoms with Crippen molar-refractivity contribution in [3.05, 3.63) is 68.7 Å². The van der Waals surface area contributed by atoms with Gasteiger partial charge in [-0.2, -0.15) is 5.06 Å². The zero-order valence-electron chi connectivity index (χ0n) is 11.6. The molecule has 0 saturated heterocycles. The van der Waals surface area contributed by atoms with E-state index in [1.807, 2.05) is 0 Å². The lowest BCUT2D eigenvalue weighted by atomic mass is 10.00. The molecule has 0 saturated carbocycles. The Morgan fingerprint density at radius 2 is 1.96 bits per heavy atom. The van der Waals surface area contributed by atoms with Crippen molar-refractivity contribution in [2.45, 2.75) is 0 Å². The third-order valence-electron chi connectivity index (χ3n) is 3.41. The molecular weight excluding hydrogens is 322 g/mol. The molecule has 1 N–H and O–H groups in total. The number of amides is 1. The number of hydrogen-bond donors (Lipinski definition) is 1. The molecular formula is C15H10ClN3O4. The molecule has 0 aliphatic carbocycles. The smallest absolute Gasteiger partial charge is 0.272 e. The van der Waals surface area contributed by atoms with Gasteiger partial charge in [-0.05, 0) is 12.1 Å². The van der Waals surface area contributed by atoms with Crippen molar-refractivity contribution in [3.8, 4) is 0 Å². The maximum absolute atomic E-state index is 11.9. The normalized spacial score (nSPS) is 14.1. The van der Waals surface area contributed by atoms with Gasteiger partial charge in [0, 0.05) is 28.3 Å². The Morgan fingerprint density at radius 1 is 1.22 bits per heavy atom. The molecule has 7 nitrogen and oxygen atoms in total. The van der Waals surface area contributed by atoms with Gasteiger partial charge >= 0.3 is 0 Å². The first kappa shape index (κ1) is 15.1. The molecule has 3 rings (SSSR count). The van der Waals surface area contributed by atoms with Crippen LogP contribution in [0.4, 0.5) is 11.4 Å². The second-order valence-corrected chi connectivity index (χ2v) is 5.22. The van der Waals surface area contributed by atoms with Crippen LogP contribution in [-0.4, -0.2) is 28.3 Å². The zero-order chi connectivity index (χ0) is 16.6. The Morgan fingerprint density at radius 3 is 2.65 bits per heavy atom. The number of aliphatic imine (C=N–C) groups is 1. The lowest BCUT2D eigenvalue weighted by Crippen LogP contribution is -2.28. The molecule has 1 heterocycles. The standard InChI is InChI=1S/C15H10ClN3O4/c16-12-4-2-1-3-10(12)15-11-7-9(19(22)23)5-6-13(11)18(21)14(20)8-17-15/h1-7,21H,8H2. The molecule has 0 bridgehead atoms. The van der Waals surface area contributed by atoms with Crippen LogP contribution in [0.1, 0.15) is 11.1 Å². The predicted octanol–water partition coefficient (Wildman–Crippen LogP) is 2.82. The fourth-order valence-electron chi connectivity index (χ4n) is 2.33. The van der Waals surface area contributed by atoms with Crippen molar-refractivity contribution in [1.82, 2.24) is 0 Å². The summed E-state index contributed by atoms with van der Waals surface area (Å²) in [6, 6.07) is 10.6. The van der Waals surface area contributed by atoms with E-state index in [0.717, 1.165) is 0 Å². The molecule has 0 fully saturated rings. The first-order valence-corrected chi connectivity index (χ1v) is 6.97. The Kier molecular flexibility index (Phi) is 3.81. The van der Waals surface area contributed by atoms with Crippen LogP contribution in [0.15, 0.2) is 47.5 Å². The Balaban J connectivity index is 2.27. The number of rotatable bonds is 2. The summed E-state index contributed by atoms with van der Waals surface area (Å²) in [5, 5.41) is 21.8. The van der Waals surface area contributed by atoms with Crippen molar-refractivity contribution in [2.75, 3.05) is 11.6 Å². The fraction of sp³-hybridized carbons (Fsp3) is 0.0667. The molecule has 23 heavy (non-hydrogen) atoms. The van der Waals surface area contributed by atoms with E-state index in [9.17, 15) is 20.1 Å². The lowest BCUT2D eigenvalue weighted by Gasteiger charge is -2.15. The average molecular weight is 332 g/mol. The number of fused-ring (bicyclic) bond motifs is 1. The van der Waals surface area contributed by atoms with Gasteiger partial charge in [0.15, 0.2) is 0 Å². The zero-order valence-corrected chi connectivity index (χ0v) is 12.4. The highest BCUT2D eigenvalue weighted by Gasteiger charge is 2.26. The monoisotopic (exact) mass is 331 g/mol. The number of hydroxylamine groups is 1. The van der Waals surface area contributed by atoms with Crippen molar-refractivity contribution < 1.29 is 14.9 Å². The Bertz CT molecular complexity index is 850. The number of hydrogen-bond acceptors (Lipinski definition) is 5. The molecule has 0 unspecified atom stereocenters. The summed E-state index contributed by atoms with van der Waals surface area (Å²) in [6.45, 7) is -0.292. The first-order chi connectivity index (χ1) is 11.0. The number of halogens is 1. The molecule has 0 spiro atoms. The number of non-ortho nitro benzene ring substituents is 1. The molecule has 1 aliphatic rings. The third kappa shape index (κ3) is 2.67. The van der Waals surface area contributed by atoms with E-state index in [0.29, 0.717) is 21.4 Å². The van der Waals surface area contributed by atoms with E-state index >= 15 is 0 Å². The number of nitro groups is 1. The number of nitrogens with zero attached hydrogens (tertiary/aromatic N) is 3. The minimum atomic E-state index is -0.637. The highest BCUT2D eigenvalue weighted by atomic mass is 35.5. The molecule has 116 valence electrons. The van der Waals surface area contributed by atoms with Crippen LogP contribution in [0.3, 0.4) is 0 Å².